The number of hydrogen-bond acceptors (Lipinski definition) is 9. The number of esters is 1. The summed E-state index contributed by atoms with van der Waals surface area (Å²) in [5.41, 5.74) is 6.92. The van der Waals surface area contributed by atoms with E-state index in [1.54, 1.807) is 20.8 Å². The number of carbonyl (C=O) groups excluding carboxylic acids is 1. The number of hydroxylamine groups is 1. The lowest BCUT2D eigenvalue weighted by molar-refractivity contribution is -0.166. The number of hydrogen-bond donors (Lipinski definition) is 3. The Kier molecular flexibility index (Phi) is 5.36. The number of nitrogens with two attached hydrogens (primary N) is 1. The van der Waals surface area contributed by atoms with Gasteiger partial charge in [0.15, 0.2) is 23.6 Å². The maximum Gasteiger partial charge on any atom is 0.334 e. The third-order valence-electron chi connectivity index (χ3n) is 1.77. The van der Waals surface area contributed by atoms with Crippen LogP contribution in [0.3, 0.4) is 0 Å². The van der Waals surface area contributed by atoms with Crippen molar-refractivity contribution in [3.63, 3.8) is 0 Å². The van der Waals surface area contributed by atoms with Gasteiger partial charge in [-0.2, -0.15) is 9.85 Å². The minimum Gasteiger partial charge on any atom is -0.480 e. The Morgan fingerprint density at radius 1 is 1.50 bits per heavy atom. The Labute approximate surface area is 119 Å². The molecule has 0 radical (unpaired) electrons. The Morgan fingerprint density at radius 3 is 2.60 bits per heavy atom. The molecule has 112 valence electrons. The second kappa shape index (κ2) is 6.59. The molecule has 0 fully saturated rings. The fourth-order valence-corrected chi connectivity index (χ4v) is 1.60. The molecule has 0 spiro atoms. The van der Waals surface area contributed by atoms with Gasteiger partial charge in [0, 0.05) is 11.5 Å². The first-order chi connectivity index (χ1) is 9.19. The van der Waals surface area contributed by atoms with Crippen LogP contribution < -0.4 is 11.2 Å². The van der Waals surface area contributed by atoms with Crippen LogP contribution in [0.5, 0.6) is 0 Å². The van der Waals surface area contributed by atoms with Gasteiger partial charge in [-0.05, 0) is 20.8 Å². The molecule has 20 heavy (non-hydrogen) atoms. The van der Waals surface area contributed by atoms with Crippen molar-refractivity contribution >= 4 is 28.6 Å². The van der Waals surface area contributed by atoms with E-state index < -0.39 is 30.2 Å². The predicted molar refractivity (Wildman–Crippen MR) is 69.6 cm³/mol. The lowest BCUT2D eigenvalue weighted by atomic mass is 10.2. The van der Waals surface area contributed by atoms with E-state index in [9.17, 15) is 9.59 Å². The van der Waals surface area contributed by atoms with Gasteiger partial charge >= 0.3 is 11.9 Å². The Morgan fingerprint density at radius 2 is 2.15 bits per heavy atom. The second-order valence-corrected chi connectivity index (χ2v) is 5.54. The maximum atomic E-state index is 11.4. The molecule has 1 heterocycles. The number of carboxylic acids is 1. The number of anilines is 1. The van der Waals surface area contributed by atoms with Crippen molar-refractivity contribution in [1.82, 2.24) is 14.8 Å². The van der Waals surface area contributed by atoms with Gasteiger partial charge in [0.2, 0.25) is 0 Å². The number of ether oxygens (including phenoxy) is 1. The van der Waals surface area contributed by atoms with Crippen LogP contribution in [0, 0.1) is 0 Å². The van der Waals surface area contributed by atoms with Crippen molar-refractivity contribution < 1.29 is 24.3 Å². The van der Waals surface area contributed by atoms with Gasteiger partial charge in [-0.1, -0.05) is 0 Å². The second-order valence-electron chi connectivity index (χ2n) is 4.76. The SMILES string of the molecule is CC(C)(C)OC(=O)CONC(C(=O)O)c1nsc(N)n1. The van der Waals surface area contributed by atoms with E-state index in [0.29, 0.717) is 0 Å². The minimum atomic E-state index is -1.31. The molecule has 1 aromatic heterocycles. The van der Waals surface area contributed by atoms with Crippen LogP contribution in [-0.2, 0) is 19.2 Å². The summed E-state index contributed by atoms with van der Waals surface area (Å²) in [6.07, 6.45) is 0. The average molecular weight is 304 g/mol. The zero-order valence-corrected chi connectivity index (χ0v) is 12.1. The molecule has 10 heteroatoms. The number of carboxylic acid groups (broad SMARTS) is 1. The topological polar surface area (TPSA) is 137 Å². The van der Waals surface area contributed by atoms with Crippen LogP contribution in [0.1, 0.15) is 32.6 Å². The molecule has 0 aliphatic heterocycles. The fraction of sp³-hybridized carbons (Fsp3) is 0.600. The Hall–Kier alpha value is -1.78. The minimum absolute atomic E-state index is 0.0378. The van der Waals surface area contributed by atoms with Crippen molar-refractivity contribution in [2.75, 3.05) is 12.3 Å². The summed E-state index contributed by atoms with van der Waals surface area (Å²) < 4.78 is 8.75. The molecular weight excluding hydrogens is 288 g/mol. The van der Waals surface area contributed by atoms with Gasteiger partial charge in [-0.25, -0.2) is 14.6 Å². The van der Waals surface area contributed by atoms with Crippen LogP contribution in [0.2, 0.25) is 0 Å². The van der Waals surface area contributed by atoms with Crippen molar-refractivity contribution in [3.05, 3.63) is 5.82 Å². The highest BCUT2D eigenvalue weighted by Crippen LogP contribution is 2.14. The molecule has 0 saturated heterocycles. The lowest BCUT2D eigenvalue weighted by Gasteiger charge is -2.19. The van der Waals surface area contributed by atoms with Gasteiger partial charge in [0.25, 0.3) is 0 Å². The van der Waals surface area contributed by atoms with Crippen LogP contribution in [0.15, 0.2) is 0 Å². The van der Waals surface area contributed by atoms with E-state index in [1.165, 1.54) is 0 Å². The number of aromatic nitrogens is 2. The van der Waals surface area contributed by atoms with E-state index in [1.807, 2.05) is 0 Å². The summed E-state index contributed by atoms with van der Waals surface area (Å²) in [6, 6.07) is -1.31. The van der Waals surface area contributed by atoms with Crippen molar-refractivity contribution in [1.29, 1.82) is 0 Å². The highest BCUT2D eigenvalue weighted by Gasteiger charge is 2.25. The van der Waals surface area contributed by atoms with Gasteiger partial charge in [-0.15, -0.1) is 0 Å². The predicted octanol–water partition coefficient (Wildman–Crippen LogP) is 0.109. The molecule has 0 aromatic carbocycles. The van der Waals surface area contributed by atoms with E-state index in [4.69, 9.17) is 20.4 Å². The largest absolute Gasteiger partial charge is 0.480 e. The highest BCUT2D eigenvalue weighted by atomic mass is 32.1. The molecule has 0 amide bonds. The number of carbonyl (C=O) groups is 2. The van der Waals surface area contributed by atoms with Crippen LogP contribution in [-0.4, -0.2) is 38.6 Å². The first-order valence-corrected chi connectivity index (χ1v) is 6.37. The van der Waals surface area contributed by atoms with Gasteiger partial charge in [0.05, 0.1) is 0 Å². The monoisotopic (exact) mass is 304 g/mol. The summed E-state index contributed by atoms with van der Waals surface area (Å²) in [5.74, 6) is -1.92. The molecule has 1 aromatic rings. The van der Waals surface area contributed by atoms with Gasteiger partial charge in [-0.3, -0.25) is 4.84 Å². The summed E-state index contributed by atoms with van der Waals surface area (Å²) in [6.45, 7) is 4.68. The summed E-state index contributed by atoms with van der Waals surface area (Å²) in [4.78, 5) is 30.9. The number of nitrogens with one attached hydrogen (secondary N) is 1. The van der Waals surface area contributed by atoms with Crippen molar-refractivity contribution in [2.24, 2.45) is 0 Å². The third-order valence-corrected chi connectivity index (χ3v) is 2.33. The quantitative estimate of drug-likeness (QED) is 0.494. The number of aliphatic carboxylic acids is 1. The Bertz CT molecular complexity index is 484. The lowest BCUT2D eigenvalue weighted by Crippen LogP contribution is -2.33. The van der Waals surface area contributed by atoms with Crippen LogP contribution in [0.25, 0.3) is 0 Å². The van der Waals surface area contributed by atoms with E-state index in [2.05, 4.69) is 14.8 Å². The zero-order chi connectivity index (χ0) is 15.3. The van der Waals surface area contributed by atoms with E-state index in [0.717, 1.165) is 11.5 Å². The molecule has 4 N–H and O–H groups in total. The molecule has 9 nitrogen and oxygen atoms in total. The molecule has 0 aliphatic carbocycles. The number of nitrogens with zero attached hydrogens (tertiary/aromatic N) is 2. The number of rotatable bonds is 6. The van der Waals surface area contributed by atoms with Gasteiger partial charge < -0.3 is 15.6 Å². The maximum absolute atomic E-state index is 11.4. The molecular formula is C10H16N4O5S. The number of nitrogen functional groups attached to an aromatic ring is 1. The first kappa shape index (κ1) is 16.3. The average Bonchev–Trinajstić information content (AvgIpc) is 2.68. The third kappa shape index (κ3) is 5.47. The summed E-state index contributed by atoms with van der Waals surface area (Å²) >= 11 is 0.864. The molecule has 1 rings (SSSR count). The molecule has 1 unspecified atom stereocenters. The molecule has 0 saturated carbocycles. The van der Waals surface area contributed by atoms with Crippen molar-refractivity contribution in [3.8, 4) is 0 Å². The van der Waals surface area contributed by atoms with Crippen LogP contribution >= 0.6 is 11.5 Å². The highest BCUT2D eigenvalue weighted by molar-refractivity contribution is 7.09. The summed E-state index contributed by atoms with van der Waals surface area (Å²) in [7, 11) is 0. The molecule has 0 bridgehead atoms. The van der Waals surface area contributed by atoms with Crippen LogP contribution in [0.4, 0.5) is 5.13 Å². The smallest absolute Gasteiger partial charge is 0.334 e. The Balaban J connectivity index is 2.49. The van der Waals surface area contributed by atoms with Crippen molar-refractivity contribution in [2.45, 2.75) is 32.4 Å². The van der Waals surface area contributed by atoms with Gasteiger partial charge in [0.1, 0.15) is 5.60 Å². The molecule has 0 aliphatic rings. The summed E-state index contributed by atoms with van der Waals surface area (Å²) in [5, 5.41) is 9.15. The molecule has 1 atom stereocenters. The van der Waals surface area contributed by atoms with E-state index in [-0.39, 0.29) is 11.0 Å². The fourth-order valence-electron chi connectivity index (χ4n) is 1.13. The van der Waals surface area contributed by atoms with E-state index >= 15 is 0 Å². The standard InChI is InChI=1S/C10H16N4O5S/c1-10(2,3)19-5(15)4-18-13-6(8(16)17)7-12-9(11)20-14-7/h6,13H,4H2,1-3H3,(H,16,17)(H2,11,12,14). The zero-order valence-electron chi connectivity index (χ0n) is 11.2. The normalized spacial score (nSPS) is 12.9. The first-order valence-electron chi connectivity index (χ1n) is 5.60.